The number of nitrogens with one attached hydrogen (secondary N) is 1. The zero-order chi connectivity index (χ0) is 17.5. The first-order chi connectivity index (χ1) is 11.5. The van der Waals surface area contributed by atoms with Crippen LogP contribution >= 0.6 is 11.3 Å². The number of halogens is 1. The first-order valence-electron chi connectivity index (χ1n) is 7.95. The Hall–Kier alpha value is -2.08. The second kappa shape index (κ2) is 8.68. The molecule has 6 heteroatoms. The fraction of sp³-hybridized carbons (Fsp3) is 0.389. The number of benzene rings is 1. The topological polar surface area (TPSA) is 41.6 Å². The van der Waals surface area contributed by atoms with Gasteiger partial charge in [-0.15, -0.1) is 0 Å². The summed E-state index contributed by atoms with van der Waals surface area (Å²) in [5.41, 5.74) is 1.82. The van der Waals surface area contributed by atoms with E-state index in [1.54, 1.807) is 28.4 Å². The molecule has 2 amide bonds. The van der Waals surface area contributed by atoms with E-state index in [0.29, 0.717) is 18.7 Å². The molecule has 0 fully saturated rings. The van der Waals surface area contributed by atoms with Crippen LogP contribution in [0.3, 0.4) is 0 Å². The number of nitrogens with zero attached hydrogens (tertiary/aromatic N) is 1. The largest absolute Gasteiger partial charge is 0.494 e. The molecule has 0 unspecified atom stereocenters. The number of methoxy groups -OCH3 is 1. The molecule has 0 aliphatic heterocycles. The summed E-state index contributed by atoms with van der Waals surface area (Å²) in [5, 5.41) is 6.98. The molecule has 0 saturated heterocycles. The predicted octanol–water partition coefficient (Wildman–Crippen LogP) is 4.58. The molecule has 4 nitrogen and oxygen atoms in total. The third-order valence-corrected chi connectivity index (χ3v) is 4.48. The van der Waals surface area contributed by atoms with Crippen molar-refractivity contribution in [2.45, 2.75) is 32.9 Å². The van der Waals surface area contributed by atoms with Gasteiger partial charge in [-0.05, 0) is 53.4 Å². The van der Waals surface area contributed by atoms with Crippen LogP contribution in [-0.2, 0) is 6.54 Å². The van der Waals surface area contributed by atoms with E-state index < -0.39 is 5.82 Å². The van der Waals surface area contributed by atoms with Crippen LogP contribution in [0.5, 0.6) is 5.75 Å². The molecule has 2 rings (SSSR count). The second-order valence-electron chi connectivity index (χ2n) is 5.62. The van der Waals surface area contributed by atoms with Crippen LogP contribution in [0.2, 0.25) is 0 Å². The molecule has 1 aromatic heterocycles. The number of carbonyl (C=O) groups is 1. The third kappa shape index (κ3) is 4.71. The highest BCUT2D eigenvalue weighted by Crippen LogP contribution is 2.22. The number of urea groups is 1. The maximum absolute atomic E-state index is 13.8. The Balaban J connectivity index is 2.03. The van der Waals surface area contributed by atoms with Gasteiger partial charge in [0.25, 0.3) is 0 Å². The molecule has 0 aliphatic carbocycles. The average molecular weight is 350 g/mol. The zero-order valence-electron chi connectivity index (χ0n) is 14.2. The number of ether oxygens (including phenoxy) is 1. The molecular formula is C18H23FN2O2S. The highest BCUT2D eigenvalue weighted by molar-refractivity contribution is 7.07. The molecule has 1 heterocycles. The van der Waals surface area contributed by atoms with Crippen molar-refractivity contribution in [3.8, 4) is 5.75 Å². The van der Waals surface area contributed by atoms with E-state index in [1.807, 2.05) is 30.7 Å². The summed E-state index contributed by atoms with van der Waals surface area (Å²) in [6.45, 7) is 5.13. The van der Waals surface area contributed by atoms with Gasteiger partial charge in [-0.3, -0.25) is 0 Å². The van der Waals surface area contributed by atoms with Crippen LogP contribution < -0.4 is 10.1 Å². The van der Waals surface area contributed by atoms with E-state index in [-0.39, 0.29) is 17.8 Å². The minimum atomic E-state index is -0.431. The highest BCUT2D eigenvalue weighted by Gasteiger charge is 2.17. The normalized spacial score (nSPS) is 11.8. The fourth-order valence-electron chi connectivity index (χ4n) is 2.44. The Morgan fingerprint density at radius 1 is 1.42 bits per heavy atom. The van der Waals surface area contributed by atoms with Crippen LogP contribution in [0, 0.1) is 5.82 Å². The Labute approximate surface area is 146 Å². The summed E-state index contributed by atoms with van der Waals surface area (Å²) in [4.78, 5) is 14.3. The van der Waals surface area contributed by atoms with Gasteiger partial charge < -0.3 is 15.0 Å². The van der Waals surface area contributed by atoms with Crippen molar-refractivity contribution in [3.05, 3.63) is 52.0 Å². The SMILES string of the molecule is CCCN(Cc1ccsc1)C(=O)N[C@@H](C)c1ccc(OC)c(F)c1. The lowest BCUT2D eigenvalue weighted by Gasteiger charge is -2.25. The first-order valence-corrected chi connectivity index (χ1v) is 8.89. The molecule has 1 atom stereocenters. The van der Waals surface area contributed by atoms with Gasteiger partial charge >= 0.3 is 6.03 Å². The van der Waals surface area contributed by atoms with Gasteiger partial charge in [-0.2, -0.15) is 11.3 Å². The van der Waals surface area contributed by atoms with Gasteiger partial charge in [-0.1, -0.05) is 13.0 Å². The molecular weight excluding hydrogens is 327 g/mol. The van der Waals surface area contributed by atoms with Crippen molar-refractivity contribution < 1.29 is 13.9 Å². The smallest absolute Gasteiger partial charge is 0.318 e. The van der Waals surface area contributed by atoms with Gasteiger partial charge in [0.2, 0.25) is 0 Å². The number of hydrogen-bond donors (Lipinski definition) is 1. The van der Waals surface area contributed by atoms with Gasteiger partial charge in [0, 0.05) is 13.1 Å². The van der Waals surface area contributed by atoms with E-state index in [2.05, 4.69) is 5.32 Å². The van der Waals surface area contributed by atoms with E-state index in [4.69, 9.17) is 4.74 Å². The minimum absolute atomic E-state index is 0.147. The summed E-state index contributed by atoms with van der Waals surface area (Å²) < 4.78 is 18.8. The average Bonchev–Trinajstić information content (AvgIpc) is 3.07. The highest BCUT2D eigenvalue weighted by atomic mass is 32.1. The molecule has 0 aliphatic rings. The van der Waals surface area contributed by atoms with Crippen LogP contribution in [-0.4, -0.2) is 24.6 Å². The van der Waals surface area contributed by atoms with Crippen LogP contribution in [0.15, 0.2) is 35.0 Å². The molecule has 0 saturated carbocycles. The summed E-state index contributed by atoms with van der Waals surface area (Å²) in [6.07, 6.45) is 0.878. The van der Waals surface area contributed by atoms with Crippen molar-refractivity contribution in [2.75, 3.05) is 13.7 Å². The van der Waals surface area contributed by atoms with E-state index in [9.17, 15) is 9.18 Å². The van der Waals surface area contributed by atoms with Gasteiger partial charge in [0.05, 0.1) is 13.2 Å². The Morgan fingerprint density at radius 3 is 2.79 bits per heavy atom. The molecule has 0 radical (unpaired) electrons. The lowest BCUT2D eigenvalue weighted by molar-refractivity contribution is 0.192. The molecule has 1 aromatic carbocycles. The zero-order valence-corrected chi connectivity index (χ0v) is 15.0. The number of hydrogen-bond acceptors (Lipinski definition) is 3. The van der Waals surface area contributed by atoms with Crippen molar-refractivity contribution in [2.24, 2.45) is 0 Å². The van der Waals surface area contributed by atoms with E-state index in [1.165, 1.54) is 13.2 Å². The van der Waals surface area contributed by atoms with E-state index in [0.717, 1.165) is 12.0 Å². The number of rotatable bonds is 7. The Kier molecular flexibility index (Phi) is 6.61. The summed E-state index contributed by atoms with van der Waals surface area (Å²) >= 11 is 1.62. The number of carbonyl (C=O) groups excluding carboxylic acids is 1. The monoisotopic (exact) mass is 350 g/mol. The quantitative estimate of drug-likeness (QED) is 0.794. The maximum Gasteiger partial charge on any atom is 0.318 e. The third-order valence-electron chi connectivity index (χ3n) is 3.75. The van der Waals surface area contributed by atoms with Crippen LogP contribution in [0.4, 0.5) is 9.18 Å². The summed E-state index contributed by atoms with van der Waals surface area (Å²) in [7, 11) is 1.43. The van der Waals surface area contributed by atoms with Gasteiger partial charge in [0.15, 0.2) is 11.6 Å². The lowest BCUT2D eigenvalue weighted by Crippen LogP contribution is -2.41. The van der Waals surface area contributed by atoms with Gasteiger partial charge in [0.1, 0.15) is 0 Å². The molecule has 1 N–H and O–H groups in total. The number of amides is 2. The van der Waals surface area contributed by atoms with Crippen LogP contribution in [0.1, 0.15) is 37.4 Å². The van der Waals surface area contributed by atoms with Crippen molar-refractivity contribution >= 4 is 17.4 Å². The van der Waals surface area contributed by atoms with E-state index >= 15 is 0 Å². The Bertz CT molecular complexity index is 661. The molecule has 2 aromatic rings. The van der Waals surface area contributed by atoms with Crippen LogP contribution in [0.25, 0.3) is 0 Å². The fourth-order valence-corrected chi connectivity index (χ4v) is 3.10. The minimum Gasteiger partial charge on any atom is -0.494 e. The Morgan fingerprint density at radius 2 is 2.21 bits per heavy atom. The number of thiophene rings is 1. The van der Waals surface area contributed by atoms with Gasteiger partial charge in [-0.25, -0.2) is 9.18 Å². The predicted molar refractivity (Wildman–Crippen MR) is 94.9 cm³/mol. The summed E-state index contributed by atoms with van der Waals surface area (Å²) in [5.74, 6) is -0.234. The van der Waals surface area contributed by atoms with Crippen molar-refractivity contribution in [3.63, 3.8) is 0 Å². The molecule has 0 spiro atoms. The first kappa shape index (κ1) is 18.3. The summed E-state index contributed by atoms with van der Waals surface area (Å²) in [6, 6.07) is 6.31. The maximum atomic E-state index is 13.8. The lowest BCUT2D eigenvalue weighted by atomic mass is 10.1. The van der Waals surface area contributed by atoms with Crippen molar-refractivity contribution in [1.82, 2.24) is 10.2 Å². The molecule has 130 valence electrons. The standard InChI is InChI=1S/C18H23FN2O2S/c1-4-8-21(11-14-7-9-24-12-14)18(22)20-13(2)15-5-6-17(23-3)16(19)10-15/h5-7,9-10,12-13H,4,8,11H2,1-3H3,(H,20,22)/t13-/m0/s1. The molecule has 0 bridgehead atoms. The van der Waals surface area contributed by atoms with Crippen molar-refractivity contribution in [1.29, 1.82) is 0 Å². The second-order valence-corrected chi connectivity index (χ2v) is 6.40. The molecule has 24 heavy (non-hydrogen) atoms.